The lowest BCUT2D eigenvalue weighted by Gasteiger charge is -2.04. The Morgan fingerprint density at radius 3 is 2.89 bits per heavy atom. The van der Waals surface area contributed by atoms with Crippen LogP contribution in [0.1, 0.15) is 10.5 Å². The number of halogens is 2. The maximum absolute atomic E-state index is 13.7. The summed E-state index contributed by atoms with van der Waals surface area (Å²) in [5.41, 5.74) is 0.303. The third-order valence-corrected chi connectivity index (χ3v) is 2.71. The zero-order chi connectivity index (χ0) is 13.1. The lowest BCUT2D eigenvalue weighted by Crippen LogP contribution is -2.06. The van der Waals surface area contributed by atoms with E-state index in [0.717, 1.165) is 0 Å². The fourth-order valence-corrected chi connectivity index (χ4v) is 1.74. The van der Waals surface area contributed by atoms with E-state index >= 15 is 0 Å². The molecule has 2 rings (SSSR count). The Labute approximate surface area is 111 Å². The highest BCUT2D eigenvalue weighted by molar-refractivity contribution is 9.10. The number of nitrogens with zero attached hydrogens (tertiary/aromatic N) is 2. The second-order valence-corrected chi connectivity index (χ2v) is 4.30. The van der Waals surface area contributed by atoms with E-state index < -0.39 is 11.8 Å². The van der Waals surface area contributed by atoms with Crippen LogP contribution in [0, 0.1) is 5.82 Å². The quantitative estimate of drug-likeness (QED) is 0.800. The summed E-state index contributed by atoms with van der Waals surface area (Å²) in [6, 6.07) is 5.83. The Bertz CT molecular complexity index is 604. The van der Waals surface area contributed by atoms with Crippen molar-refractivity contribution < 1.29 is 13.9 Å². The van der Waals surface area contributed by atoms with Crippen LogP contribution in [-0.4, -0.2) is 23.0 Å². The van der Waals surface area contributed by atoms with Crippen molar-refractivity contribution in [2.24, 2.45) is 0 Å². The molecule has 2 aromatic rings. The largest absolute Gasteiger partial charge is 0.464 e. The van der Waals surface area contributed by atoms with Gasteiger partial charge in [-0.3, -0.25) is 0 Å². The van der Waals surface area contributed by atoms with E-state index in [-0.39, 0.29) is 17.1 Å². The smallest absolute Gasteiger partial charge is 0.356 e. The molecule has 0 aliphatic heterocycles. The van der Waals surface area contributed by atoms with Gasteiger partial charge in [-0.05, 0) is 24.3 Å². The van der Waals surface area contributed by atoms with Crippen LogP contribution in [0.5, 0.6) is 0 Å². The third-order valence-electron chi connectivity index (χ3n) is 2.22. The number of carbonyl (C=O) groups is 1. The van der Waals surface area contributed by atoms with Gasteiger partial charge >= 0.3 is 5.97 Å². The van der Waals surface area contributed by atoms with Gasteiger partial charge in [0.2, 0.25) is 0 Å². The maximum atomic E-state index is 13.7. The first-order valence-electron chi connectivity index (χ1n) is 4.98. The minimum absolute atomic E-state index is 0.0851. The molecule has 0 aliphatic carbocycles. The van der Waals surface area contributed by atoms with Crippen molar-refractivity contribution in [1.82, 2.24) is 9.97 Å². The summed E-state index contributed by atoms with van der Waals surface area (Å²) < 4.78 is 18.9. The highest BCUT2D eigenvalue weighted by Gasteiger charge is 2.12. The summed E-state index contributed by atoms with van der Waals surface area (Å²) in [6.45, 7) is 0. The molecule has 18 heavy (non-hydrogen) atoms. The van der Waals surface area contributed by atoms with Gasteiger partial charge in [0, 0.05) is 10.7 Å². The van der Waals surface area contributed by atoms with Crippen molar-refractivity contribution in [3.8, 4) is 11.4 Å². The average Bonchev–Trinajstić information content (AvgIpc) is 2.40. The molecule has 0 radical (unpaired) electrons. The molecule has 4 nitrogen and oxygen atoms in total. The Balaban J connectivity index is 2.51. The predicted molar refractivity (Wildman–Crippen MR) is 66.5 cm³/mol. The van der Waals surface area contributed by atoms with Crippen LogP contribution in [0.25, 0.3) is 11.4 Å². The van der Waals surface area contributed by atoms with Crippen molar-refractivity contribution in [1.29, 1.82) is 0 Å². The molecule has 0 spiro atoms. The van der Waals surface area contributed by atoms with Crippen LogP contribution < -0.4 is 0 Å². The number of hydrogen-bond donors (Lipinski definition) is 0. The first kappa shape index (κ1) is 12.6. The topological polar surface area (TPSA) is 52.1 Å². The summed E-state index contributed by atoms with van der Waals surface area (Å²) in [5, 5.41) is 0. The highest BCUT2D eigenvalue weighted by Crippen LogP contribution is 2.23. The Morgan fingerprint density at radius 2 is 2.17 bits per heavy atom. The van der Waals surface area contributed by atoms with Crippen molar-refractivity contribution in [3.63, 3.8) is 0 Å². The first-order chi connectivity index (χ1) is 8.61. The normalized spacial score (nSPS) is 10.2. The minimum atomic E-state index is -0.589. The molecule has 0 atom stereocenters. The van der Waals surface area contributed by atoms with Crippen LogP contribution in [0.15, 0.2) is 34.9 Å². The Hall–Kier alpha value is -1.82. The average molecular weight is 311 g/mol. The molecule has 0 saturated carbocycles. The second kappa shape index (κ2) is 5.22. The number of benzene rings is 1. The van der Waals surface area contributed by atoms with E-state index in [4.69, 9.17) is 0 Å². The number of carbonyl (C=O) groups excluding carboxylic acids is 1. The fraction of sp³-hybridized carbons (Fsp3) is 0.0833. The van der Waals surface area contributed by atoms with Crippen LogP contribution in [0.4, 0.5) is 4.39 Å². The van der Waals surface area contributed by atoms with Gasteiger partial charge in [-0.2, -0.15) is 0 Å². The molecule has 0 unspecified atom stereocenters. The van der Waals surface area contributed by atoms with Crippen LogP contribution >= 0.6 is 15.9 Å². The highest BCUT2D eigenvalue weighted by atomic mass is 79.9. The lowest BCUT2D eigenvalue weighted by molar-refractivity contribution is 0.0594. The zero-order valence-corrected chi connectivity index (χ0v) is 10.9. The van der Waals surface area contributed by atoms with E-state index in [2.05, 4.69) is 30.6 Å². The summed E-state index contributed by atoms with van der Waals surface area (Å²) in [6.07, 6.45) is 1.38. The van der Waals surface area contributed by atoms with Crippen molar-refractivity contribution in [3.05, 3.63) is 46.4 Å². The Morgan fingerprint density at radius 1 is 1.39 bits per heavy atom. The van der Waals surface area contributed by atoms with Crippen molar-refractivity contribution in [2.45, 2.75) is 0 Å². The van der Waals surface area contributed by atoms with Gasteiger partial charge in [0.1, 0.15) is 5.82 Å². The van der Waals surface area contributed by atoms with Gasteiger partial charge in [-0.1, -0.05) is 15.9 Å². The molecule has 0 fully saturated rings. The second-order valence-electron chi connectivity index (χ2n) is 3.38. The summed E-state index contributed by atoms with van der Waals surface area (Å²) >= 11 is 3.24. The van der Waals surface area contributed by atoms with E-state index in [1.54, 1.807) is 12.1 Å². The molecule has 0 N–H and O–H groups in total. The molecule has 1 aromatic carbocycles. The maximum Gasteiger partial charge on any atom is 0.356 e. The molecule has 0 saturated heterocycles. The molecule has 92 valence electrons. The van der Waals surface area contributed by atoms with Gasteiger partial charge in [0.15, 0.2) is 11.5 Å². The van der Waals surface area contributed by atoms with Gasteiger partial charge in [0.05, 0.1) is 12.7 Å². The molecule has 0 aliphatic rings. The first-order valence-corrected chi connectivity index (χ1v) is 5.78. The fourth-order valence-electron chi connectivity index (χ4n) is 1.38. The van der Waals surface area contributed by atoms with Crippen LogP contribution in [0.3, 0.4) is 0 Å². The van der Waals surface area contributed by atoms with E-state index in [0.29, 0.717) is 4.47 Å². The third kappa shape index (κ3) is 2.53. The number of aromatic nitrogens is 2. The van der Waals surface area contributed by atoms with E-state index in [9.17, 15) is 9.18 Å². The summed E-state index contributed by atoms with van der Waals surface area (Å²) in [4.78, 5) is 19.3. The molecular weight excluding hydrogens is 303 g/mol. The predicted octanol–water partition coefficient (Wildman–Crippen LogP) is 2.83. The lowest BCUT2D eigenvalue weighted by atomic mass is 10.2. The number of ether oxygens (including phenoxy) is 1. The van der Waals surface area contributed by atoms with Gasteiger partial charge in [-0.15, -0.1) is 0 Å². The van der Waals surface area contributed by atoms with Gasteiger partial charge in [0.25, 0.3) is 0 Å². The van der Waals surface area contributed by atoms with Crippen LogP contribution in [-0.2, 0) is 4.74 Å². The SMILES string of the molecule is COC(=O)c1ccnc(-c2cc(Br)ccc2F)n1. The van der Waals surface area contributed by atoms with Crippen LogP contribution in [0.2, 0.25) is 0 Å². The molecular formula is C12H8BrFN2O2. The number of esters is 1. The minimum Gasteiger partial charge on any atom is -0.464 e. The van der Waals surface area contributed by atoms with E-state index in [1.807, 2.05) is 0 Å². The van der Waals surface area contributed by atoms with Gasteiger partial charge < -0.3 is 4.74 Å². The van der Waals surface area contributed by atoms with E-state index in [1.165, 1.54) is 25.4 Å². The Kier molecular flexibility index (Phi) is 3.66. The molecule has 6 heteroatoms. The van der Waals surface area contributed by atoms with Crippen molar-refractivity contribution in [2.75, 3.05) is 7.11 Å². The number of hydrogen-bond acceptors (Lipinski definition) is 4. The monoisotopic (exact) mass is 310 g/mol. The molecule has 1 aromatic heterocycles. The molecule has 0 amide bonds. The molecule has 0 bridgehead atoms. The number of rotatable bonds is 2. The number of methoxy groups -OCH3 is 1. The molecule has 1 heterocycles. The summed E-state index contributed by atoms with van der Waals surface area (Å²) in [7, 11) is 1.25. The summed E-state index contributed by atoms with van der Waals surface area (Å²) in [5.74, 6) is -0.911. The van der Waals surface area contributed by atoms with Gasteiger partial charge in [-0.25, -0.2) is 19.2 Å². The van der Waals surface area contributed by atoms with Crippen molar-refractivity contribution >= 4 is 21.9 Å². The standard InChI is InChI=1S/C12H8BrFN2O2/c1-18-12(17)10-4-5-15-11(16-10)8-6-7(13)2-3-9(8)14/h2-6H,1H3. The zero-order valence-electron chi connectivity index (χ0n) is 9.35.